The molecule has 0 aliphatic heterocycles. The predicted octanol–water partition coefficient (Wildman–Crippen LogP) is 4.12. The Hall–Kier alpha value is 0.826. The molecule has 67 valence electrons. The molecule has 0 aliphatic carbocycles. The molecule has 0 aliphatic rings. The minimum atomic E-state index is -0.639. The summed E-state index contributed by atoms with van der Waals surface area (Å²) in [7, 11) is 9.81. The molecule has 0 heterocycles. The van der Waals surface area contributed by atoms with Crippen LogP contribution in [0.15, 0.2) is 24.3 Å². The molecule has 3 heteroatoms. The molecule has 0 N–H and O–H groups in total. The summed E-state index contributed by atoms with van der Waals surface area (Å²) in [5.74, 6) is 0. The van der Waals surface area contributed by atoms with E-state index in [4.69, 9.17) is 18.1 Å². The van der Waals surface area contributed by atoms with E-state index in [-0.39, 0.29) is 0 Å². The quantitative estimate of drug-likeness (QED) is 0.492. The van der Waals surface area contributed by atoms with Gasteiger partial charge in [-0.25, -0.2) is 0 Å². The molecule has 0 spiro atoms. The third-order valence-electron chi connectivity index (χ3n) is 1.01. The summed E-state index contributed by atoms with van der Waals surface area (Å²) in [4.78, 5) is 0. The number of hydrogen-bond donors (Lipinski definition) is 0. The van der Waals surface area contributed by atoms with Crippen LogP contribution >= 0.6 is 18.1 Å². The summed E-state index contributed by atoms with van der Waals surface area (Å²) >= 11 is -0.639. The Bertz CT molecular complexity index is 99.1. The van der Waals surface area contributed by atoms with Gasteiger partial charge in [-0.1, -0.05) is 31.2 Å². The Balaban J connectivity index is 0. The maximum absolute atomic E-state index is 4.90. The molecule has 0 aromatic heterocycles. The van der Waals surface area contributed by atoms with Gasteiger partial charge in [0.15, 0.2) is 0 Å². The predicted molar refractivity (Wildman–Crippen MR) is 60.6 cm³/mol. The molecule has 0 unspecified atom stereocenters. The first-order valence-corrected chi connectivity index (χ1v) is 8.32. The average Bonchev–Trinajstić information content (AvgIpc) is 2.06. The molecular weight excluding hydrogens is 203 g/mol. The van der Waals surface area contributed by atoms with Crippen LogP contribution in [0.3, 0.4) is 0 Å². The van der Waals surface area contributed by atoms with Gasteiger partial charge in [0.2, 0.25) is 0 Å². The first kappa shape index (κ1) is 15.3. The lowest BCUT2D eigenvalue weighted by molar-refractivity contribution is 1.19. The van der Waals surface area contributed by atoms with Crippen LogP contribution in [0.4, 0.5) is 0 Å². The minimum Gasteiger partial charge on any atom is -0.309 e. The van der Waals surface area contributed by atoms with Crippen molar-refractivity contribution in [3.05, 3.63) is 31.2 Å². The molecule has 0 rings (SSSR count). The zero-order valence-electron chi connectivity index (χ0n) is 7.60. The van der Waals surface area contributed by atoms with Gasteiger partial charge in [-0.15, -0.1) is 0 Å². The average molecular weight is 218 g/mol. The van der Waals surface area contributed by atoms with Crippen molar-refractivity contribution in [3.8, 4) is 0 Å². The van der Waals surface area contributed by atoms with E-state index >= 15 is 0 Å². The van der Waals surface area contributed by atoms with Gasteiger partial charge in [-0.05, 0) is 26.2 Å². The molecule has 0 bridgehead atoms. The molecule has 0 saturated heterocycles. The van der Waals surface area contributed by atoms with Gasteiger partial charge in [0.25, 0.3) is 0 Å². The van der Waals surface area contributed by atoms with Gasteiger partial charge >= 0.3 is 18.2 Å². The van der Waals surface area contributed by atoms with E-state index in [0.717, 1.165) is 19.3 Å². The second-order valence-corrected chi connectivity index (χ2v) is 4.60. The van der Waals surface area contributed by atoms with Gasteiger partial charge in [0, 0.05) is 0 Å². The Labute approximate surface area is 93.3 Å². The van der Waals surface area contributed by atoms with Crippen molar-refractivity contribution in [2.45, 2.75) is 26.2 Å². The summed E-state index contributed by atoms with van der Waals surface area (Å²) < 4.78 is 0. The van der Waals surface area contributed by atoms with Gasteiger partial charge in [-0.3, -0.25) is 0 Å². The van der Waals surface area contributed by atoms with E-state index in [1.807, 2.05) is 0 Å². The van der Waals surface area contributed by atoms with Crippen LogP contribution in [0.25, 0.3) is 0 Å². The monoisotopic (exact) mass is 217 g/mol. The lowest BCUT2D eigenvalue weighted by Crippen LogP contribution is -1.58. The molecule has 0 aromatic carbocycles. The lowest BCUT2D eigenvalue weighted by Gasteiger charge is -1.79. The highest BCUT2D eigenvalue weighted by Gasteiger charge is 1.68. The van der Waals surface area contributed by atoms with E-state index in [2.05, 4.69) is 38.2 Å². The second kappa shape index (κ2) is 17.8. The van der Waals surface area contributed by atoms with Crippen LogP contribution in [0.5, 0.6) is 0 Å². The Morgan fingerprint density at radius 1 is 1.17 bits per heavy atom. The summed E-state index contributed by atoms with van der Waals surface area (Å²) in [6.45, 7) is 5.83. The maximum Gasteiger partial charge on any atom is 0.618 e. The number of halogens is 2. The van der Waals surface area contributed by atoms with E-state index < -0.39 is 18.2 Å². The van der Waals surface area contributed by atoms with Crippen LogP contribution in [0.1, 0.15) is 26.2 Å². The van der Waals surface area contributed by atoms with Crippen molar-refractivity contribution in [2.24, 2.45) is 0 Å². The first-order valence-electron chi connectivity index (χ1n) is 4.04. The van der Waals surface area contributed by atoms with Crippen molar-refractivity contribution < 1.29 is 0 Å². The topological polar surface area (TPSA) is 0 Å². The van der Waals surface area contributed by atoms with Gasteiger partial charge in [0.05, 0.1) is 0 Å². The zero-order chi connectivity index (χ0) is 9.66. The second-order valence-electron chi connectivity index (χ2n) is 1.98. The zero-order valence-corrected chi connectivity index (χ0v) is 10.5. The Morgan fingerprint density at radius 2 is 1.67 bits per heavy atom. The van der Waals surface area contributed by atoms with E-state index in [9.17, 15) is 0 Å². The minimum absolute atomic E-state index is 0.639. The molecule has 0 atom stereocenters. The fraction of sp³-hybridized carbons (Fsp3) is 0.444. The van der Waals surface area contributed by atoms with E-state index in [1.165, 1.54) is 0 Å². The third kappa shape index (κ3) is 22.4. The molecule has 0 fully saturated rings. The van der Waals surface area contributed by atoms with E-state index in [0.29, 0.717) is 0 Å². The number of allylic oxidation sites excluding steroid dienone is 4. The van der Waals surface area contributed by atoms with Gasteiger partial charge in [-0.2, -0.15) is 0 Å². The molecular formula is C9H15Cl2Mg. The summed E-state index contributed by atoms with van der Waals surface area (Å²) in [6, 6.07) is 0. The van der Waals surface area contributed by atoms with Crippen molar-refractivity contribution in [1.82, 2.24) is 0 Å². The SMILES string of the molecule is [CH2]C/C=C\C/C=C\CC.[Cl][Mg][Cl]. The molecule has 0 aromatic rings. The molecule has 0 nitrogen and oxygen atoms in total. The maximum atomic E-state index is 4.90. The van der Waals surface area contributed by atoms with Crippen molar-refractivity contribution in [2.75, 3.05) is 0 Å². The number of rotatable bonds is 4. The highest BCUT2D eigenvalue weighted by Crippen LogP contribution is 1.89. The molecule has 0 saturated carbocycles. The number of hydrogen-bond acceptors (Lipinski definition) is 0. The van der Waals surface area contributed by atoms with Crippen molar-refractivity contribution >= 4 is 36.3 Å². The highest BCUT2D eigenvalue weighted by atomic mass is 35.6. The standard InChI is InChI=1S/C9H15.2ClH.Mg/c1-3-5-7-9-8-6-4-2;;;/h5-8H,1,3-4,9H2,2H3;2*1H;/q;;;+2/p-2/b7-5-,8-6-;;;. The van der Waals surface area contributed by atoms with Crippen LogP contribution in [0, 0.1) is 6.92 Å². The molecule has 0 amide bonds. The lowest BCUT2D eigenvalue weighted by atomic mass is 10.3. The van der Waals surface area contributed by atoms with Gasteiger partial charge in [0.1, 0.15) is 0 Å². The summed E-state index contributed by atoms with van der Waals surface area (Å²) in [5.41, 5.74) is 0. The van der Waals surface area contributed by atoms with Crippen LogP contribution in [-0.2, 0) is 0 Å². The molecule has 1 radical (unpaired) electrons. The first-order chi connectivity index (χ1) is 5.83. The van der Waals surface area contributed by atoms with E-state index in [1.54, 1.807) is 0 Å². The fourth-order valence-electron chi connectivity index (χ4n) is 0.556. The van der Waals surface area contributed by atoms with Crippen LogP contribution in [-0.4, -0.2) is 18.2 Å². The smallest absolute Gasteiger partial charge is 0.309 e. The fourth-order valence-corrected chi connectivity index (χ4v) is 0.556. The van der Waals surface area contributed by atoms with Crippen molar-refractivity contribution in [1.29, 1.82) is 0 Å². The largest absolute Gasteiger partial charge is 0.618 e. The summed E-state index contributed by atoms with van der Waals surface area (Å²) in [6.07, 6.45) is 11.7. The Morgan fingerprint density at radius 3 is 2.08 bits per heavy atom. The van der Waals surface area contributed by atoms with Gasteiger partial charge < -0.3 is 18.1 Å². The highest BCUT2D eigenvalue weighted by molar-refractivity contribution is 7.22. The van der Waals surface area contributed by atoms with Crippen molar-refractivity contribution in [3.63, 3.8) is 0 Å². The normalized spacial score (nSPS) is 9.67. The summed E-state index contributed by atoms with van der Waals surface area (Å²) in [5, 5.41) is 0. The third-order valence-corrected chi connectivity index (χ3v) is 1.01. The Kier molecular flexibility index (Phi) is 22.7. The van der Waals surface area contributed by atoms with Crippen LogP contribution in [0.2, 0.25) is 0 Å². The molecule has 12 heavy (non-hydrogen) atoms. The van der Waals surface area contributed by atoms with Crippen LogP contribution < -0.4 is 0 Å².